The molecule has 0 aromatic carbocycles. The third kappa shape index (κ3) is 2.33. The van der Waals surface area contributed by atoms with Crippen LogP contribution in [0.25, 0.3) is 0 Å². The van der Waals surface area contributed by atoms with Crippen LogP contribution in [-0.2, 0) is 11.8 Å². The lowest BCUT2D eigenvalue weighted by Crippen LogP contribution is -2.29. The van der Waals surface area contributed by atoms with Crippen molar-refractivity contribution >= 4 is 0 Å². The number of aryl methyl sites for hydroxylation is 1. The van der Waals surface area contributed by atoms with Crippen LogP contribution in [-0.4, -0.2) is 23.0 Å². The lowest BCUT2D eigenvalue weighted by atomic mass is 10.0. The smallest absolute Gasteiger partial charge is 0.0779 e. The molecule has 0 aliphatic carbocycles. The third-order valence-corrected chi connectivity index (χ3v) is 2.48. The predicted octanol–water partition coefficient (Wildman–Crippen LogP) is 1.24. The maximum atomic E-state index is 6.10. The fourth-order valence-corrected chi connectivity index (χ4v) is 1.63. The first-order valence-corrected chi connectivity index (χ1v) is 4.97. The van der Waals surface area contributed by atoms with Crippen molar-refractivity contribution in [1.29, 1.82) is 0 Å². The van der Waals surface area contributed by atoms with Crippen LogP contribution < -0.4 is 5.73 Å². The summed E-state index contributed by atoms with van der Waals surface area (Å²) in [7, 11) is 3.60. The fourth-order valence-electron chi connectivity index (χ4n) is 1.63. The Labute approximate surface area is 85.0 Å². The second kappa shape index (κ2) is 5.12. The summed E-state index contributed by atoms with van der Waals surface area (Å²) in [4.78, 5) is 0. The van der Waals surface area contributed by atoms with Crippen molar-refractivity contribution in [3.8, 4) is 0 Å². The SMILES string of the molecule is CCCC(OC)C(N)c1ccnn1C. The summed E-state index contributed by atoms with van der Waals surface area (Å²) < 4.78 is 7.16. The lowest BCUT2D eigenvalue weighted by molar-refractivity contribution is 0.0703. The van der Waals surface area contributed by atoms with Crippen molar-refractivity contribution in [2.24, 2.45) is 12.8 Å². The lowest BCUT2D eigenvalue weighted by Gasteiger charge is -2.22. The summed E-state index contributed by atoms with van der Waals surface area (Å²) in [6, 6.07) is 1.85. The van der Waals surface area contributed by atoms with E-state index in [1.807, 2.05) is 13.1 Å². The van der Waals surface area contributed by atoms with E-state index < -0.39 is 0 Å². The number of rotatable bonds is 5. The Kier molecular flexibility index (Phi) is 4.10. The van der Waals surface area contributed by atoms with Crippen molar-refractivity contribution in [3.63, 3.8) is 0 Å². The summed E-state index contributed by atoms with van der Waals surface area (Å²) in [6.45, 7) is 2.13. The highest BCUT2D eigenvalue weighted by atomic mass is 16.5. The van der Waals surface area contributed by atoms with Crippen LogP contribution in [0.1, 0.15) is 31.5 Å². The summed E-state index contributed by atoms with van der Waals surface area (Å²) in [5.74, 6) is 0. The molecule has 0 bridgehead atoms. The van der Waals surface area contributed by atoms with E-state index in [0.29, 0.717) is 0 Å². The Hall–Kier alpha value is -0.870. The van der Waals surface area contributed by atoms with Gasteiger partial charge in [0, 0.05) is 20.4 Å². The van der Waals surface area contributed by atoms with E-state index in [2.05, 4.69) is 12.0 Å². The monoisotopic (exact) mass is 197 g/mol. The number of hydrogen-bond acceptors (Lipinski definition) is 3. The molecule has 14 heavy (non-hydrogen) atoms. The summed E-state index contributed by atoms with van der Waals surface area (Å²) in [5, 5.41) is 4.10. The van der Waals surface area contributed by atoms with Crippen LogP contribution in [0.2, 0.25) is 0 Å². The van der Waals surface area contributed by atoms with Crippen LogP contribution in [0, 0.1) is 0 Å². The zero-order chi connectivity index (χ0) is 10.6. The highest BCUT2D eigenvalue weighted by Gasteiger charge is 2.20. The minimum absolute atomic E-state index is 0.0791. The highest BCUT2D eigenvalue weighted by Crippen LogP contribution is 2.18. The molecule has 2 N–H and O–H groups in total. The van der Waals surface area contributed by atoms with Gasteiger partial charge in [-0.05, 0) is 12.5 Å². The molecule has 2 atom stereocenters. The molecule has 0 aliphatic heterocycles. The second-order valence-electron chi connectivity index (χ2n) is 3.47. The fraction of sp³-hybridized carbons (Fsp3) is 0.700. The van der Waals surface area contributed by atoms with Gasteiger partial charge in [0.2, 0.25) is 0 Å². The van der Waals surface area contributed by atoms with E-state index >= 15 is 0 Å². The Morgan fingerprint density at radius 2 is 2.36 bits per heavy atom. The van der Waals surface area contributed by atoms with Gasteiger partial charge in [0.1, 0.15) is 0 Å². The Bertz CT molecular complexity index is 272. The molecular formula is C10H19N3O. The van der Waals surface area contributed by atoms with Gasteiger partial charge < -0.3 is 10.5 Å². The van der Waals surface area contributed by atoms with Gasteiger partial charge in [-0.15, -0.1) is 0 Å². The van der Waals surface area contributed by atoms with E-state index in [1.54, 1.807) is 18.0 Å². The number of nitrogens with zero attached hydrogens (tertiary/aromatic N) is 2. The molecule has 0 fully saturated rings. The van der Waals surface area contributed by atoms with Crippen LogP contribution in [0.5, 0.6) is 0 Å². The zero-order valence-electron chi connectivity index (χ0n) is 9.10. The largest absolute Gasteiger partial charge is 0.379 e. The number of aromatic nitrogens is 2. The molecule has 1 aromatic rings. The standard InChI is InChI=1S/C10H19N3O/c1-4-5-9(14-3)10(11)8-6-7-12-13(8)2/h6-7,9-10H,4-5,11H2,1-3H3. The summed E-state index contributed by atoms with van der Waals surface area (Å²) in [5.41, 5.74) is 7.11. The first-order chi connectivity index (χ1) is 6.70. The molecule has 0 amide bonds. The Morgan fingerprint density at radius 3 is 2.79 bits per heavy atom. The van der Waals surface area contributed by atoms with Crippen molar-refractivity contribution in [3.05, 3.63) is 18.0 Å². The third-order valence-electron chi connectivity index (χ3n) is 2.48. The molecule has 0 saturated heterocycles. The molecule has 1 aromatic heterocycles. The van der Waals surface area contributed by atoms with E-state index in [4.69, 9.17) is 10.5 Å². The van der Waals surface area contributed by atoms with E-state index in [1.165, 1.54) is 0 Å². The molecule has 0 radical (unpaired) electrons. The molecule has 4 heteroatoms. The van der Waals surface area contributed by atoms with Crippen LogP contribution in [0.3, 0.4) is 0 Å². The maximum absolute atomic E-state index is 6.10. The molecule has 80 valence electrons. The number of hydrogen-bond donors (Lipinski definition) is 1. The quantitative estimate of drug-likeness (QED) is 0.772. The molecule has 0 spiro atoms. The van der Waals surface area contributed by atoms with Gasteiger partial charge in [-0.2, -0.15) is 5.10 Å². The van der Waals surface area contributed by atoms with Gasteiger partial charge >= 0.3 is 0 Å². The topological polar surface area (TPSA) is 53.1 Å². The molecule has 4 nitrogen and oxygen atoms in total. The van der Waals surface area contributed by atoms with Gasteiger partial charge in [-0.1, -0.05) is 13.3 Å². The van der Waals surface area contributed by atoms with E-state index in [0.717, 1.165) is 18.5 Å². The second-order valence-corrected chi connectivity index (χ2v) is 3.47. The average Bonchev–Trinajstić information content (AvgIpc) is 2.59. The van der Waals surface area contributed by atoms with Gasteiger partial charge in [0.25, 0.3) is 0 Å². The van der Waals surface area contributed by atoms with Gasteiger partial charge in [0.15, 0.2) is 0 Å². The normalized spacial score (nSPS) is 15.4. The molecule has 1 rings (SSSR count). The summed E-state index contributed by atoms with van der Waals surface area (Å²) in [6.07, 6.45) is 3.89. The number of methoxy groups -OCH3 is 1. The highest BCUT2D eigenvalue weighted by molar-refractivity contribution is 5.07. The van der Waals surface area contributed by atoms with Crippen molar-refractivity contribution in [1.82, 2.24) is 9.78 Å². The van der Waals surface area contributed by atoms with Crippen molar-refractivity contribution in [2.75, 3.05) is 7.11 Å². The molecular weight excluding hydrogens is 178 g/mol. The number of nitrogens with two attached hydrogens (primary N) is 1. The first kappa shape index (κ1) is 11.2. The average molecular weight is 197 g/mol. The minimum atomic E-state index is -0.0903. The van der Waals surface area contributed by atoms with Gasteiger partial charge in [-0.3, -0.25) is 4.68 Å². The van der Waals surface area contributed by atoms with E-state index in [9.17, 15) is 0 Å². The van der Waals surface area contributed by atoms with Crippen molar-refractivity contribution in [2.45, 2.75) is 31.9 Å². The van der Waals surface area contributed by atoms with Crippen molar-refractivity contribution < 1.29 is 4.74 Å². The molecule has 1 heterocycles. The molecule has 2 unspecified atom stereocenters. The predicted molar refractivity (Wildman–Crippen MR) is 55.8 cm³/mol. The van der Waals surface area contributed by atoms with Crippen LogP contribution in [0.4, 0.5) is 0 Å². The summed E-state index contributed by atoms with van der Waals surface area (Å²) >= 11 is 0. The first-order valence-electron chi connectivity index (χ1n) is 4.97. The van der Waals surface area contributed by atoms with E-state index in [-0.39, 0.29) is 12.1 Å². The zero-order valence-corrected chi connectivity index (χ0v) is 9.10. The molecule has 0 aliphatic rings. The maximum Gasteiger partial charge on any atom is 0.0779 e. The van der Waals surface area contributed by atoms with Crippen LogP contribution in [0.15, 0.2) is 12.3 Å². The molecule has 0 saturated carbocycles. The van der Waals surface area contributed by atoms with Gasteiger partial charge in [-0.25, -0.2) is 0 Å². The Morgan fingerprint density at radius 1 is 1.64 bits per heavy atom. The Balaban J connectivity index is 2.72. The minimum Gasteiger partial charge on any atom is -0.379 e. The van der Waals surface area contributed by atoms with Gasteiger partial charge in [0.05, 0.1) is 17.8 Å². The van der Waals surface area contributed by atoms with Crippen LogP contribution >= 0.6 is 0 Å². The number of ether oxygens (including phenoxy) is 1.